The average Bonchev–Trinajstić information content (AvgIpc) is 3.02. The van der Waals surface area contributed by atoms with Crippen molar-refractivity contribution in [3.63, 3.8) is 0 Å². The summed E-state index contributed by atoms with van der Waals surface area (Å²) in [6.45, 7) is 1.98. The molecule has 0 fully saturated rings. The molecule has 0 saturated heterocycles. The van der Waals surface area contributed by atoms with Crippen LogP contribution in [0.3, 0.4) is 0 Å². The third-order valence-corrected chi connectivity index (χ3v) is 4.24. The lowest BCUT2D eigenvalue weighted by Gasteiger charge is -2.01. The van der Waals surface area contributed by atoms with Gasteiger partial charge >= 0.3 is 11.2 Å². The van der Waals surface area contributed by atoms with Gasteiger partial charge in [0.15, 0.2) is 0 Å². The second kappa shape index (κ2) is 6.03. The maximum atomic E-state index is 12.8. The Morgan fingerprint density at radius 3 is 2.54 bits per heavy atom. The minimum atomic E-state index is -0.613. The van der Waals surface area contributed by atoms with Crippen LogP contribution in [0.1, 0.15) is 11.1 Å². The minimum absolute atomic E-state index is 0.269. The Hall–Kier alpha value is -3.61. The van der Waals surface area contributed by atoms with Crippen molar-refractivity contribution in [2.24, 2.45) is 5.10 Å². The number of hydrogen-bond acceptors (Lipinski definition) is 4. The number of benzene rings is 2. The Kier molecular flexibility index (Phi) is 3.69. The molecule has 2 aromatic heterocycles. The molecule has 130 valence electrons. The van der Waals surface area contributed by atoms with Gasteiger partial charge in [0.1, 0.15) is 11.3 Å². The number of fused-ring (bicyclic) bond motifs is 3. The van der Waals surface area contributed by atoms with E-state index in [-0.39, 0.29) is 5.52 Å². The highest BCUT2D eigenvalue weighted by molar-refractivity contribution is 6.07. The first kappa shape index (κ1) is 15.9. The Morgan fingerprint density at radius 2 is 1.81 bits per heavy atom. The van der Waals surface area contributed by atoms with E-state index >= 15 is 0 Å². The van der Waals surface area contributed by atoms with Crippen LogP contribution < -0.4 is 16.0 Å². The maximum Gasteiger partial charge on any atom is 0.350 e. The molecule has 0 aliphatic carbocycles. The molecule has 0 atom stereocenters. The first-order valence-electron chi connectivity index (χ1n) is 8.03. The molecule has 0 bridgehead atoms. The smallest absolute Gasteiger partial charge is 0.350 e. The van der Waals surface area contributed by atoms with Gasteiger partial charge in [0, 0.05) is 0 Å². The molecule has 0 radical (unpaired) electrons. The summed E-state index contributed by atoms with van der Waals surface area (Å²) in [7, 11) is 1.54. The van der Waals surface area contributed by atoms with Gasteiger partial charge in [-0.05, 0) is 24.6 Å². The molecule has 0 amide bonds. The number of methoxy groups -OCH3 is 1. The fourth-order valence-corrected chi connectivity index (χ4v) is 2.91. The SMILES string of the molecule is COc1cccc2[nH]c3c(=O)n(/N=C/c4ccc(C)cc4)c(=O)[nH]c3c12. The van der Waals surface area contributed by atoms with Gasteiger partial charge in [0.2, 0.25) is 0 Å². The second-order valence-electron chi connectivity index (χ2n) is 5.96. The maximum absolute atomic E-state index is 12.8. The summed E-state index contributed by atoms with van der Waals surface area (Å²) in [5.74, 6) is 0.574. The summed E-state index contributed by atoms with van der Waals surface area (Å²) in [5, 5.41) is 4.71. The molecule has 4 rings (SSSR count). The highest BCUT2D eigenvalue weighted by atomic mass is 16.5. The third-order valence-electron chi connectivity index (χ3n) is 4.24. The van der Waals surface area contributed by atoms with E-state index in [1.807, 2.05) is 43.3 Å². The highest BCUT2D eigenvalue weighted by Crippen LogP contribution is 2.29. The van der Waals surface area contributed by atoms with Crippen molar-refractivity contribution in [3.05, 3.63) is 74.4 Å². The molecular weight excluding hydrogens is 332 g/mol. The van der Waals surface area contributed by atoms with Crippen molar-refractivity contribution in [3.8, 4) is 5.75 Å². The van der Waals surface area contributed by atoms with Crippen molar-refractivity contribution in [1.82, 2.24) is 14.6 Å². The van der Waals surface area contributed by atoms with Crippen molar-refractivity contribution in [1.29, 1.82) is 0 Å². The fourth-order valence-electron chi connectivity index (χ4n) is 2.91. The van der Waals surface area contributed by atoms with E-state index in [1.54, 1.807) is 13.2 Å². The molecule has 26 heavy (non-hydrogen) atoms. The number of nitrogens with zero attached hydrogens (tertiary/aromatic N) is 2. The molecular formula is C19H16N4O3. The Balaban J connectivity index is 1.92. The molecule has 7 nitrogen and oxygen atoms in total. The number of nitrogens with one attached hydrogen (secondary N) is 2. The molecule has 0 saturated carbocycles. The Labute approximate surface area is 147 Å². The van der Waals surface area contributed by atoms with E-state index in [2.05, 4.69) is 15.1 Å². The number of aromatic nitrogens is 3. The molecule has 2 heterocycles. The van der Waals surface area contributed by atoms with Gasteiger partial charge in [0.05, 0.1) is 29.7 Å². The van der Waals surface area contributed by atoms with Crippen LogP contribution in [0.4, 0.5) is 0 Å². The van der Waals surface area contributed by atoms with Crippen molar-refractivity contribution >= 4 is 28.2 Å². The van der Waals surface area contributed by atoms with E-state index in [0.29, 0.717) is 22.2 Å². The van der Waals surface area contributed by atoms with Gasteiger partial charge in [-0.15, -0.1) is 4.68 Å². The number of ether oxygens (including phenoxy) is 1. The zero-order valence-electron chi connectivity index (χ0n) is 14.2. The quantitative estimate of drug-likeness (QED) is 0.557. The van der Waals surface area contributed by atoms with Gasteiger partial charge in [0.25, 0.3) is 0 Å². The standard InChI is InChI=1S/C19H16N4O3/c1-11-6-8-12(9-7-11)10-20-23-18(24)17-16(22-19(23)25)15-13(21-17)4-3-5-14(15)26-2/h3-10,21H,1-2H3,(H,22,25)/b20-10+. The average molecular weight is 348 g/mol. The molecule has 0 aliphatic rings. The first-order valence-corrected chi connectivity index (χ1v) is 8.03. The lowest BCUT2D eigenvalue weighted by atomic mass is 10.2. The van der Waals surface area contributed by atoms with Crippen LogP contribution in [0.5, 0.6) is 5.75 Å². The van der Waals surface area contributed by atoms with Gasteiger partial charge in [-0.3, -0.25) is 4.79 Å². The summed E-state index contributed by atoms with van der Waals surface area (Å²) >= 11 is 0. The van der Waals surface area contributed by atoms with Crippen molar-refractivity contribution < 1.29 is 4.74 Å². The number of H-pyrrole nitrogens is 2. The summed E-state index contributed by atoms with van der Waals surface area (Å²) in [4.78, 5) is 30.9. The van der Waals surface area contributed by atoms with E-state index < -0.39 is 11.2 Å². The van der Waals surface area contributed by atoms with Gasteiger partial charge < -0.3 is 14.7 Å². The van der Waals surface area contributed by atoms with Crippen molar-refractivity contribution in [2.45, 2.75) is 6.92 Å². The van der Waals surface area contributed by atoms with Gasteiger partial charge in [-0.1, -0.05) is 35.9 Å². The molecule has 2 N–H and O–H groups in total. The minimum Gasteiger partial charge on any atom is -0.496 e. The molecule has 7 heteroatoms. The zero-order valence-corrected chi connectivity index (χ0v) is 14.2. The van der Waals surface area contributed by atoms with Crippen LogP contribution in [-0.2, 0) is 0 Å². The van der Waals surface area contributed by atoms with Crippen LogP contribution >= 0.6 is 0 Å². The van der Waals surface area contributed by atoms with Crippen LogP contribution in [0.2, 0.25) is 0 Å². The summed E-state index contributed by atoms with van der Waals surface area (Å²) in [6, 6.07) is 13.0. The largest absolute Gasteiger partial charge is 0.496 e. The molecule has 0 spiro atoms. The lowest BCUT2D eigenvalue weighted by molar-refractivity contribution is 0.420. The fraction of sp³-hybridized carbons (Fsp3) is 0.105. The molecule has 2 aromatic carbocycles. The molecule has 0 aliphatic heterocycles. The van der Waals surface area contributed by atoms with Crippen molar-refractivity contribution in [2.75, 3.05) is 7.11 Å². The Bertz CT molecular complexity index is 1260. The van der Waals surface area contributed by atoms with Crippen LogP contribution in [0, 0.1) is 6.92 Å². The van der Waals surface area contributed by atoms with Crippen LogP contribution in [0.25, 0.3) is 21.9 Å². The van der Waals surface area contributed by atoms with Crippen LogP contribution in [0.15, 0.2) is 57.2 Å². The monoisotopic (exact) mass is 348 g/mol. The van der Waals surface area contributed by atoms with E-state index in [0.717, 1.165) is 15.8 Å². The normalized spacial score (nSPS) is 11.6. The molecule has 0 unspecified atom stereocenters. The van der Waals surface area contributed by atoms with E-state index in [9.17, 15) is 9.59 Å². The van der Waals surface area contributed by atoms with Crippen LogP contribution in [-0.4, -0.2) is 28.0 Å². The predicted molar refractivity (Wildman–Crippen MR) is 101 cm³/mol. The first-order chi connectivity index (χ1) is 12.6. The summed E-state index contributed by atoms with van der Waals surface area (Å²) in [6.07, 6.45) is 1.48. The predicted octanol–water partition coefficient (Wildman–Crippen LogP) is 2.37. The second-order valence-corrected chi connectivity index (χ2v) is 5.96. The lowest BCUT2D eigenvalue weighted by Crippen LogP contribution is -2.32. The number of aromatic amines is 2. The zero-order chi connectivity index (χ0) is 18.3. The topological polar surface area (TPSA) is 92.2 Å². The summed E-state index contributed by atoms with van der Waals surface area (Å²) < 4.78 is 6.15. The van der Waals surface area contributed by atoms with Gasteiger partial charge in [-0.2, -0.15) is 5.10 Å². The van der Waals surface area contributed by atoms with E-state index in [1.165, 1.54) is 6.21 Å². The third kappa shape index (κ3) is 2.50. The number of rotatable bonds is 3. The highest BCUT2D eigenvalue weighted by Gasteiger charge is 2.15. The Morgan fingerprint density at radius 1 is 1.04 bits per heavy atom. The summed E-state index contributed by atoms with van der Waals surface area (Å²) in [5.41, 5.74) is 2.15. The number of hydrogen-bond donors (Lipinski definition) is 2. The molecule has 4 aromatic rings. The van der Waals surface area contributed by atoms with Gasteiger partial charge in [-0.25, -0.2) is 4.79 Å². The number of aryl methyl sites for hydroxylation is 1. The van der Waals surface area contributed by atoms with E-state index in [4.69, 9.17) is 4.74 Å².